The zero-order chi connectivity index (χ0) is 20.0. The van der Waals surface area contributed by atoms with Gasteiger partial charge in [-0.15, -0.1) is 18.2 Å². The van der Waals surface area contributed by atoms with E-state index in [0.717, 1.165) is 39.6 Å². The maximum absolute atomic E-state index is 4.79. The Morgan fingerprint density at radius 2 is 1.63 bits per heavy atom. The van der Waals surface area contributed by atoms with Gasteiger partial charge in [-0.3, -0.25) is 9.97 Å². The summed E-state index contributed by atoms with van der Waals surface area (Å²) in [4.78, 5) is 9.56. The van der Waals surface area contributed by atoms with E-state index in [1.807, 2.05) is 32.3 Å². The second-order valence-corrected chi connectivity index (χ2v) is 7.25. The van der Waals surface area contributed by atoms with Crippen LogP contribution in [0.3, 0.4) is 0 Å². The van der Waals surface area contributed by atoms with Crippen LogP contribution >= 0.6 is 0 Å². The standard InChI is InChI=1S/C25H21N4.Ir/c1-17-16-26-25(21-13-9-15-23-24(21)27-18(2)28(23)3)29(17)22-14-8-7-12-20(22)19-10-5-4-6-11-19;/h4-12,14-16H,1-3H3;/q-1;. The number of benzene rings is 3. The van der Waals surface area contributed by atoms with E-state index in [1.165, 1.54) is 11.1 Å². The minimum atomic E-state index is 0. The van der Waals surface area contributed by atoms with Crippen LogP contribution in [0.4, 0.5) is 0 Å². The molecule has 151 valence electrons. The van der Waals surface area contributed by atoms with E-state index in [0.29, 0.717) is 0 Å². The first-order chi connectivity index (χ1) is 14.1. The maximum atomic E-state index is 4.79. The summed E-state index contributed by atoms with van der Waals surface area (Å²) in [6.07, 6.45) is 1.92. The summed E-state index contributed by atoms with van der Waals surface area (Å²) in [6, 6.07) is 26.3. The molecule has 5 rings (SSSR count). The molecule has 0 unspecified atom stereocenters. The summed E-state index contributed by atoms with van der Waals surface area (Å²) in [5.74, 6) is 1.83. The van der Waals surface area contributed by atoms with Crippen molar-refractivity contribution >= 4 is 11.0 Å². The largest absolute Gasteiger partial charge is 0.349 e. The van der Waals surface area contributed by atoms with Gasteiger partial charge in [0.05, 0.1) is 11.6 Å². The third kappa shape index (κ3) is 3.20. The minimum absolute atomic E-state index is 0. The number of fused-ring (bicyclic) bond motifs is 1. The Hall–Kier alpha value is -3.01. The number of para-hydroxylation sites is 1. The Kier molecular flexibility index (Phi) is 5.42. The fourth-order valence-electron chi connectivity index (χ4n) is 3.89. The zero-order valence-electron chi connectivity index (χ0n) is 17.1. The Morgan fingerprint density at radius 1 is 0.900 bits per heavy atom. The third-order valence-corrected chi connectivity index (χ3v) is 5.46. The predicted molar refractivity (Wildman–Crippen MR) is 117 cm³/mol. The van der Waals surface area contributed by atoms with Crippen LogP contribution in [-0.2, 0) is 27.2 Å². The molecule has 0 saturated heterocycles. The van der Waals surface area contributed by atoms with E-state index >= 15 is 0 Å². The van der Waals surface area contributed by atoms with Crippen molar-refractivity contribution in [2.45, 2.75) is 13.8 Å². The minimum Gasteiger partial charge on any atom is -0.349 e. The first-order valence-corrected chi connectivity index (χ1v) is 9.68. The van der Waals surface area contributed by atoms with E-state index in [2.05, 4.69) is 76.7 Å². The predicted octanol–water partition coefficient (Wildman–Crippen LogP) is 5.51. The molecule has 1 radical (unpaired) electrons. The van der Waals surface area contributed by atoms with Crippen LogP contribution in [0.25, 0.3) is 39.2 Å². The van der Waals surface area contributed by atoms with Crippen LogP contribution in [0.1, 0.15) is 11.5 Å². The number of imidazole rings is 2. The van der Waals surface area contributed by atoms with Gasteiger partial charge in [-0.05, 0) is 31.0 Å². The molecule has 0 N–H and O–H groups in total. The van der Waals surface area contributed by atoms with Crippen LogP contribution in [0.5, 0.6) is 0 Å². The van der Waals surface area contributed by atoms with Gasteiger partial charge >= 0.3 is 0 Å². The molecule has 0 aliphatic heterocycles. The Bertz CT molecular complexity index is 1330. The first-order valence-electron chi connectivity index (χ1n) is 9.68. The molecule has 0 aliphatic rings. The van der Waals surface area contributed by atoms with Gasteiger partial charge < -0.3 is 9.13 Å². The van der Waals surface area contributed by atoms with Crippen molar-refractivity contribution in [3.05, 3.63) is 90.5 Å². The fourth-order valence-corrected chi connectivity index (χ4v) is 3.89. The number of aryl methyl sites for hydroxylation is 3. The molecule has 30 heavy (non-hydrogen) atoms. The molecular formula is C25H21IrN4-. The van der Waals surface area contributed by atoms with Crippen molar-refractivity contribution in [1.29, 1.82) is 0 Å². The summed E-state index contributed by atoms with van der Waals surface area (Å²) < 4.78 is 4.31. The summed E-state index contributed by atoms with van der Waals surface area (Å²) in [7, 11) is 2.04. The van der Waals surface area contributed by atoms with Crippen molar-refractivity contribution in [2.24, 2.45) is 7.05 Å². The van der Waals surface area contributed by atoms with Gasteiger partial charge in [-0.2, -0.15) is 0 Å². The van der Waals surface area contributed by atoms with Crippen molar-refractivity contribution in [1.82, 2.24) is 19.1 Å². The quantitative estimate of drug-likeness (QED) is 0.269. The van der Waals surface area contributed by atoms with E-state index in [-0.39, 0.29) is 20.1 Å². The van der Waals surface area contributed by atoms with Gasteiger partial charge in [-0.1, -0.05) is 54.1 Å². The van der Waals surface area contributed by atoms with Gasteiger partial charge in [0.2, 0.25) is 0 Å². The first kappa shape index (κ1) is 20.3. The average molecular weight is 570 g/mol. The molecule has 0 amide bonds. The molecule has 2 aromatic heterocycles. The molecular weight excluding hydrogens is 549 g/mol. The van der Waals surface area contributed by atoms with E-state index in [1.54, 1.807) is 0 Å². The van der Waals surface area contributed by atoms with Crippen molar-refractivity contribution in [3.63, 3.8) is 0 Å². The average Bonchev–Trinajstić information content (AvgIpc) is 3.28. The summed E-state index contributed by atoms with van der Waals surface area (Å²) >= 11 is 0. The SMILES string of the molecule is Cc1cnc(-c2[c-]ccc3c2nc(C)n3C)n1-c1ccccc1-c1ccccc1.[Ir]. The van der Waals surface area contributed by atoms with Gasteiger partial charge in [-0.25, -0.2) is 0 Å². The number of hydrogen-bond acceptors (Lipinski definition) is 2. The molecule has 0 spiro atoms. The Balaban J connectivity index is 0.00000218. The fraction of sp³-hybridized carbons (Fsp3) is 0.120. The monoisotopic (exact) mass is 570 g/mol. The molecule has 0 fully saturated rings. The van der Waals surface area contributed by atoms with E-state index in [9.17, 15) is 0 Å². The van der Waals surface area contributed by atoms with Crippen LogP contribution in [0, 0.1) is 19.9 Å². The van der Waals surface area contributed by atoms with Crippen LogP contribution in [0.15, 0.2) is 72.9 Å². The molecule has 0 bridgehead atoms. The van der Waals surface area contributed by atoms with Crippen LogP contribution in [-0.4, -0.2) is 19.1 Å². The van der Waals surface area contributed by atoms with Crippen LogP contribution in [0.2, 0.25) is 0 Å². The van der Waals surface area contributed by atoms with E-state index in [4.69, 9.17) is 9.97 Å². The number of nitrogens with zero attached hydrogens (tertiary/aromatic N) is 4. The normalized spacial score (nSPS) is 10.9. The summed E-state index contributed by atoms with van der Waals surface area (Å²) in [5.41, 5.74) is 7.44. The van der Waals surface area contributed by atoms with E-state index < -0.39 is 0 Å². The maximum Gasteiger partial charge on any atom is 0.0941 e. The van der Waals surface area contributed by atoms with Gasteiger partial charge in [0, 0.05) is 55.8 Å². The smallest absolute Gasteiger partial charge is 0.0941 e. The Labute approximate surface area is 189 Å². The molecule has 5 aromatic rings. The Morgan fingerprint density at radius 3 is 2.43 bits per heavy atom. The number of rotatable bonds is 3. The van der Waals surface area contributed by atoms with Gasteiger partial charge in [0.25, 0.3) is 0 Å². The molecule has 2 heterocycles. The summed E-state index contributed by atoms with van der Waals surface area (Å²) in [6.45, 7) is 4.11. The zero-order valence-corrected chi connectivity index (χ0v) is 19.4. The second kappa shape index (κ2) is 8.02. The number of aromatic nitrogens is 4. The molecule has 3 aromatic carbocycles. The second-order valence-electron chi connectivity index (χ2n) is 7.25. The van der Waals surface area contributed by atoms with Gasteiger partial charge in [0.1, 0.15) is 0 Å². The van der Waals surface area contributed by atoms with Crippen molar-refractivity contribution < 1.29 is 20.1 Å². The molecule has 0 saturated carbocycles. The van der Waals surface area contributed by atoms with Crippen LogP contribution < -0.4 is 0 Å². The number of hydrogen-bond donors (Lipinski definition) is 0. The molecule has 0 atom stereocenters. The molecule has 4 nitrogen and oxygen atoms in total. The van der Waals surface area contributed by atoms with Crippen molar-refractivity contribution in [2.75, 3.05) is 0 Å². The third-order valence-electron chi connectivity index (χ3n) is 5.46. The topological polar surface area (TPSA) is 35.6 Å². The summed E-state index contributed by atoms with van der Waals surface area (Å²) in [5, 5.41) is 0. The van der Waals surface area contributed by atoms with Crippen molar-refractivity contribution in [3.8, 4) is 28.2 Å². The molecule has 5 heteroatoms. The van der Waals surface area contributed by atoms with Gasteiger partial charge in [0.15, 0.2) is 0 Å². The molecule has 0 aliphatic carbocycles.